The molecule has 1 aromatic heterocycles. The van der Waals surface area contributed by atoms with Crippen LogP contribution in [-0.2, 0) is 16.0 Å². The number of aryl methyl sites for hydroxylation is 2. The van der Waals surface area contributed by atoms with Gasteiger partial charge in [0.15, 0.2) is 5.78 Å². The van der Waals surface area contributed by atoms with E-state index in [0.717, 1.165) is 36.5 Å². The van der Waals surface area contributed by atoms with Gasteiger partial charge in [-0.15, -0.1) is 0 Å². The zero-order chi connectivity index (χ0) is 30.4. The van der Waals surface area contributed by atoms with Crippen LogP contribution in [0.25, 0.3) is 11.0 Å². The van der Waals surface area contributed by atoms with Crippen molar-refractivity contribution in [3.8, 4) is 5.75 Å². The average Bonchev–Trinajstić information content (AvgIpc) is 3.31. The molecule has 6 nitrogen and oxygen atoms in total. The highest BCUT2D eigenvalue weighted by atomic mass is 16.5. The maximum atomic E-state index is 13.8. The summed E-state index contributed by atoms with van der Waals surface area (Å²) >= 11 is 0. The van der Waals surface area contributed by atoms with Gasteiger partial charge in [-0.05, 0) is 69.1 Å². The van der Waals surface area contributed by atoms with E-state index in [-0.39, 0.29) is 24.2 Å². The summed E-state index contributed by atoms with van der Waals surface area (Å²) in [4.78, 5) is 28.7. The maximum Gasteiger partial charge on any atom is 0.313 e. The van der Waals surface area contributed by atoms with Crippen LogP contribution >= 0.6 is 0 Å². The highest BCUT2D eigenvalue weighted by molar-refractivity contribution is 6.17. The number of benzene rings is 2. The first kappa shape index (κ1) is 34.9. The number of ketones is 1. The van der Waals surface area contributed by atoms with Crippen molar-refractivity contribution in [3.05, 3.63) is 64.4 Å². The summed E-state index contributed by atoms with van der Waals surface area (Å²) in [6.07, 6.45) is -0.322. The lowest BCUT2D eigenvalue weighted by atomic mass is 9.96. The summed E-state index contributed by atoms with van der Waals surface area (Å²) in [5.41, 5.74) is 3.33. The van der Waals surface area contributed by atoms with E-state index in [1.807, 2.05) is 92.6 Å². The van der Waals surface area contributed by atoms with Gasteiger partial charge in [-0.3, -0.25) is 9.59 Å². The van der Waals surface area contributed by atoms with E-state index in [2.05, 4.69) is 18.7 Å². The summed E-state index contributed by atoms with van der Waals surface area (Å²) in [5.74, 6) is 0.748. The van der Waals surface area contributed by atoms with Crippen LogP contribution in [0.2, 0.25) is 0 Å². The molecule has 0 N–H and O–H groups in total. The predicted octanol–water partition coefficient (Wildman–Crippen LogP) is 8.18. The zero-order valence-corrected chi connectivity index (χ0v) is 26.6. The van der Waals surface area contributed by atoms with Crippen LogP contribution in [0.5, 0.6) is 5.75 Å². The van der Waals surface area contributed by atoms with Crippen molar-refractivity contribution in [1.82, 2.24) is 4.90 Å². The highest BCUT2D eigenvalue weighted by Crippen LogP contribution is 2.31. The lowest BCUT2D eigenvalue weighted by molar-refractivity contribution is -0.149. The molecule has 3 rings (SSSR count). The molecule has 6 heteroatoms. The maximum absolute atomic E-state index is 13.8. The topological polar surface area (TPSA) is 69.0 Å². The van der Waals surface area contributed by atoms with E-state index in [1.165, 1.54) is 0 Å². The van der Waals surface area contributed by atoms with Gasteiger partial charge in [0.2, 0.25) is 0 Å². The van der Waals surface area contributed by atoms with Crippen LogP contribution in [0.3, 0.4) is 0 Å². The Hall–Kier alpha value is -3.12. The van der Waals surface area contributed by atoms with Crippen molar-refractivity contribution in [1.29, 1.82) is 0 Å². The molecule has 222 valence electrons. The number of hydrogen-bond donors (Lipinski definition) is 0. The Morgan fingerprint density at radius 1 is 0.925 bits per heavy atom. The summed E-state index contributed by atoms with van der Waals surface area (Å²) < 4.78 is 17.6. The molecule has 40 heavy (non-hydrogen) atoms. The van der Waals surface area contributed by atoms with Crippen molar-refractivity contribution in [2.45, 2.75) is 88.7 Å². The highest BCUT2D eigenvalue weighted by Gasteiger charge is 2.26. The van der Waals surface area contributed by atoms with E-state index in [1.54, 1.807) is 6.07 Å². The summed E-state index contributed by atoms with van der Waals surface area (Å²) in [5, 5.41) is 0.692. The molecule has 0 unspecified atom stereocenters. The first-order valence-corrected chi connectivity index (χ1v) is 14.9. The van der Waals surface area contributed by atoms with Crippen molar-refractivity contribution in [3.63, 3.8) is 0 Å². The minimum atomic E-state index is -0.409. The SMILES string of the molecule is CC.CC.CCN(CC)CCOc1c(C)cc(C(=O)c2c(CC(=O)O[C@@H](C)C(C)C)oc3ccccc23)cc1C. The molecule has 0 radical (unpaired) electrons. The Bertz CT molecular complexity index is 1180. The van der Waals surface area contributed by atoms with Gasteiger partial charge in [0.1, 0.15) is 36.2 Å². The fraction of sp³-hybridized carbons (Fsp3) is 0.529. The molecular formula is C34H51NO5. The van der Waals surface area contributed by atoms with E-state index in [0.29, 0.717) is 34.5 Å². The third-order valence-electron chi connectivity index (χ3n) is 6.73. The van der Waals surface area contributed by atoms with Crippen molar-refractivity contribution in [2.24, 2.45) is 5.92 Å². The van der Waals surface area contributed by atoms with E-state index in [4.69, 9.17) is 13.9 Å². The molecule has 1 heterocycles. The van der Waals surface area contributed by atoms with Gasteiger partial charge in [-0.2, -0.15) is 0 Å². The Morgan fingerprint density at radius 3 is 2.05 bits per heavy atom. The van der Waals surface area contributed by atoms with Crippen LogP contribution < -0.4 is 4.74 Å². The Balaban J connectivity index is 0.00000191. The van der Waals surface area contributed by atoms with Crippen molar-refractivity contribution < 1.29 is 23.5 Å². The second-order valence-corrected chi connectivity index (χ2v) is 9.66. The number of furan rings is 1. The number of para-hydroxylation sites is 1. The zero-order valence-electron chi connectivity index (χ0n) is 26.6. The monoisotopic (exact) mass is 553 g/mol. The van der Waals surface area contributed by atoms with Crippen LogP contribution in [0, 0.1) is 19.8 Å². The molecule has 0 aliphatic rings. The van der Waals surface area contributed by atoms with Crippen molar-refractivity contribution in [2.75, 3.05) is 26.2 Å². The van der Waals surface area contributed by atoms with Gasteiger partial charge in [-0.25, -0.2) is 0 Å². The smallest absolute Gasteiger partial charge is 0.313 e. The molecule has 3 aromatic rings. The molecule has 0 aliphatic carbocycles. The van der Waals surface area contributed by atoms with E-state index in [9.17, 15) is 9.59 Å². The number of rotatable bonds is 12. The lowest BCUT2D eigenvalue weighted by Crippen LogP contribution is -2.28. The number of likely N-dealkylation sites (N-methyl/N-ethyl adjacent to an activating group) is 1. The fourth-order valence-electron chi connectivity index (χ4n) is 4.26. The largest absolute Gasteiger partial charge is 0.492 e. The van der Waals surface area contributed by atoms with Gasteiger partial charge in [0.25, 0.3) is 0 Å². The molecule has 0 saturated heterocycles. The van der Waals surface area contributed by atoms with E-state index < -0.39 is 5.97 Å². The number of ether oxygens (including phenoxy) is 2. The van der Waals surface area contributed by atoms with Gasteiger partial charge < -0.3 is 18.8 Å². The number of carbonyl (C=O) groups is 2. The molecule has 0 aliphatic heterocycles. The van der Waals surface area contributed by atoms with Gasteiger partial charge in [-0.1, -0.05) is 73.6 Å². The third kappa shape index (κ3) is 9.22. The minimum Gasteiger partial charge on any atom is -0.492 e. The first-order chi connectivity index (χ1) is 19.2. The normalized spacial score (nSPS) is 11.4. The third-order valence-corrected chi connectivity index (χ3v) is 6.73. The number of nitrogens with zero attached hydrogens (tertiary/aromatic N) is 1. The molecule has 0 saturated carbocycles. The van der Waals surface area contributed by atoms with Gasteiger partial charge in [0.05, 0.1) is 5.56 Å². The van der Waals surface area contributed by atoms with Crippen LogP contribution in [0.1, 0.15) is 95.1 Å². The fourth-order valence-corrected chi connectivity index (χ4v) is 4.26. The molecule has 1 atom stereocenters. The van der Waals surface area contributed by atoms with Gasteiger partial charge in [0, 0.05) is 17.5 Å². The average molecular weight is 554 g/mol. The van der Waals surface area contributed by atoms with E-state index >= 15 is 0 Å². The molecule has 0 fully saturated rings. The second kappa shape index (κ2) is 17.5. The predicted molar refractivity (Wildman–Crippen MR) is 166 cm³/mol. The van der Waals surface area contributed by atoms with Crippen LogP contribution in [-0.4, -0.2) is 49.0 Å². The number of esters is 1. The summed E-state index contributed by atoms with van der Waals surface area (Å²) in [6.45, 7) is 25.4. The molecule has 0 amide bonds. The number of carbonyl (C=O) groups excluding carboxylic acids is 2. The number of fused-ring (bicyclic) bond motifs is 1. The lowest BCUT2D eigenvalue weighted by Gasteiger charge is -2.19. The molecule has 2 aromatic carbocycles. The molecule has 0 bridgehead atoms. The Morgan fingerprint density at radius 2 is 1.50 bits per heavy atom. The number of hydrogen-bond acceptors (Lipinski definition) is 6. The van der Waals surface area contributed by atoms with Gasteiger partial charge >= 0.3 is 5.97 Å². The summed E-state index contributed by atoms with van der Waals surface area (Å²) in [7, 11) is 0. The standard InChI is InChI=1S/C30H39NO5.2C2H6/c1-8-31(9-2)14-15-34-30-20(5)16-23(17-21(30)6)29(33)28-24-12-10-11-13-25(24)36-26(28)18-27(32)35-22(7)19(3)4;2*1-2/h10-13,16-17,19,22H,8-9,14-15,18H2,1-7H3;2*1-2H3/t22-;;/m0../s1. The van der Waals surface area contributed by atoms with Crippen molar-refractivity contribution >= 4 is 22.7 Å². The minimum absolute atomic E-state index is 0.0999. The second-order valence-electron chi connectivity index (χ2n) is 9.66. The first-order valence-electron chi connectivity index (χ1n) is 14.9. The van der Waals surface area contributed by atoms with Crippen LogP contribution in [0.15, 0.2) is 40.8 Å². The Labute approximate surface area is 242 Å². The molecule has 0 spiro atoms. The Kier molecular flexibility index (Phi) is 15.3. The quantitative estimate of drug-likeness (QED) is 0.166. The summed E-state index contributed by atoms with van der Waals surface area (Å²) in [6, 6.07) is 11.1. The van der Waals surface area contributed by atoms with Crippen LogP contribution in [0.4, 0.5) is 0 Å². The molecular weight excluding hydrogens is 502 g/mol.